The molecule has 4 rings (SSSR count). The Hall–Kier alpha value is -3.67. The Morgan fingerprint density at radius 2 is 1.83 bits per heavy atom. The van der Waals surface area contributed by atoms with Gasteiger partial charge in [0.25, 0.3) is 5.91 Å². The molecule has 0 radical (unpaired) electrons. The maximum atomic E-state index is 14.2. The highest BCUT2D eigenvalue weighted by Gasteiger charge is 2.33. The predicted octanol–water partition coefficient (Wildman–Crippen LogP) is 6.06. The van der Waals surface area contributed by atoms with Gasteiger partial charge in [0.05, 0.1) is 6.04 Å². The summed E-state index contributed by atoms with van der Waals surface area (Å²) in [5.74, 6) is 0.190. The van der Waals surface area contributed by atoms with Crippen molar-refractivity contribution in [3.8, 4) is 5.75 Å². The molecule has 0 fully saturated rings. The second-order valence-electron chi connectivity index (χ2n) is 9.87. The molecule has 36 heavy (non-hydrogen) atoms. The first-order valence-electron chi connectivity index (χ1n) is 12.4. The number of aryl methyl sites for hydroxylation is 1. The second kappa shape index (κ2) is 10.9. The van der Waals surface area contributed by atoms with Gasteiger partial charge in [0.1, 0.15) is 11.6 Å². The summed E-state index contributed by atoms with van der Waals surface area (Å²) in [7, 11) is 0. The van der Waals surface area contributed by atoms with Crippen molar-refractivity contribution in [2.75, 3.05) is 11.9 Å². The molecule has 2 amide bonds. The molecule has 0 spiro atoms. The van der Waals surface area contributed by atoms with E-state index in [1.54, 1.807) is 13.0 Å². The molecule has 1 heterocycles. The molecule has 2 atom stereocenters. The van der Waals surface area contributed by atoms with Gasteiger partial charge >= 0.3 is 0 Å². The second-order valence-corrected chi connectivity index (χ2v) is 9.87. The molecule has 3 aromatic rings. The van der Waals surface area contributed by atoms with Crippen LogP contribution in [0.2, 0.25) is 0 Å². The number of fused-ring (bicyclic) bond motifs is 1. The predicted molar refractivity (Wildman–Crippen MR) is 139 cm³/mol. The highest BCUT2D eigenvalue weighted by atomic mass is 19.1. The quantitative estimate of drug-likeness (QED) is 0.440. The standard InChI is InChI=1S/C30H33FN2O3/c1-19(2)15-28(34)33-14-13-22-11-12-26(18-27(22)29(33)23-8-6-9-24(31)17-23)36-21(4)30(35)32-25-10-5-7-20(3)16-25/h5-12,16-19,21,29H,13-15H2,1-4H3,(H,32,35)/t21-,29-/m1/s1. The Morgan fingerprint density at radius 3 is 2.56 bits per heavy atom. The molecule has 0 saturated carbocycles. The molecule has 5 nitrogen and oxygen atoms in total. The maximum Gasteiger partial charge on any atom is 0.265 e. The molecular formula is C30H33FN2O3. The fourth-order valence-electron chi connectivity index (χ4n) is 4.66. The minimum absolute atomic E-state index is 0.0436. The van der Waals surface area contributed by atoms with Crippen LogP contribution in [0.1, 0.15) is 55.5 Å². The molecule has 1 aliphatic rings. The van der Waals surface area contributed by atoms with Crippen molar-refractivity contribution in [2.24, 2.45) is 5.92 Å². The normalized spacial score (nSPS) is 15.8. The highest BCUT2D eigenvalue weighted by Crippen LogP contribution is 2.38. The Bertz CT molecular complexity index is 1260. The average molecular weight is 489 g/mol. The summed E-state index contributed by atoms with van der Waals surface area (Å²) in [4.78, 5) is 27.8. The molecule has 0 aromatic heterocycles. The largest absolute Gasteiger partial charge is 0.481 e. The summed E-state index contributed by atoms with van der Waals surface area (Å²) in [5.41, 5.74) is 4.47. The molecular weight excluding hydrogens is 455 g/mol. The van der Waals surface area contributed by atoms with Crippen LogP contribution in [0.15, 0.2) is 66.7 Å². The lowest BCUT2D eigenvalue weighted by molar-refractivity contribution is -0.134. The SMILES string of the molecule is Cc1cccc(NC(=O)[C@@H](C)Oc2ccc3c(c2)[C@@H](c2cccc(F)c2)N(C(=O)CC(C)C)CC3)c1. The van der Waals surface area contributed by atoms with E-state index in [2.05, 4.69) is 5.32 Å². The number of halogens is 1. The van der Waals surface area contributed by atoms with E-state index in [9.17, 15) is 14.0 Å². The third kappa shape index (κ3) is 5.93. The number of anilines is 1. The molecule has 0 aliphatic carbocycles. The minimum Gasteiger partial charge on any atom is -0.481 e. The third-order valence-corrected chi connectivity index (χ3v) is 6.38. The van der Waals surface area contributed by atoms with Crippen LogP contribution >= 0.6 is 0 Å². The number of hydrogen-bond donors (Lipinski definition) is 1. The Morgan fingerprint density at radius 1 is 1.06 bits per heavy atom. The Labute approximate surface area is 212 Å². The van der Waals surface area contributed by atoms with Crippen LogP contribution in [0.4, 0.5) is 10.1 Å². The fraction of sp³-hybridized carbons (Fsp3) is 0.333. The van der Waals surface area contributed by atoms with Crippen molar-refractivity contribution in [1.82, 2.24) is 4.90 Å². The van der Waals surface area contributed by atoms with Gasteiger partial charge < -0.3 is 15.0 Å². The molecule has 0 saturated heterocycles. The monoisotopic (exact) mass is 488 g/mol. The van der Waals surface area contributed by atoms with Gasteiger partial charge in [0, 0.05) is 18.7 Å². The lowest BCUT2D eigenvalue weighted by Crippen LogP contribution is -2.41. The van der Waals surface area contributed by atoms with Crippen molar-refractivity contribution in [3.05, 3.63) is 94.8 Å². The van der Waals surface area contributed by atoms with Gasteiger partial charge in [-0.1, -0.05) is 44.2 Å². The van der Waals surface area contributed by atoms with Crippen LogP contribution in [0.5, 0.6) is 5.75 Å². The highest BCUT2D eigenvalue weighted by molar-refractivity contribution is 5.94. The minimum atomic E-state index is -0.738. The zero-order valence-electron chi connectivity index (χ0n) is 21.3. The van der Waals surface area contributed by atoms with E-state index in [-0.39, 0.29) is 23.5 Å². The first-order valence-corrected chi connectivity index (χ1v) is 12.4. The van der Waals surface area contributed by atoms with Gasteiger partial charge in [-0.05, 0) is 84.8 Å². The summed E-state index contributed by atoms with van der Waals surface area (Å²) in [6.07, 6.45) is 0.390. The van der Waals surface area contributed by atoms with E-state index in [0.717, 1.165) is 22.3 Å². The van der Waals surface area contributed by atoms with E-state index < -0.39 is 12.1 Å². The fourth-order valence-corrected chi connectivity index (χ4v) is 4.66. The van der Waals surface area contributed by atoms with Crippen molar-refractivity contribution >= 4 is 17.5 Å². The van der Waals surface area contributed by atoms with E-state index in [1.165, 1.54) is 12.1 Å². The van der Waals surface area contributed by atoms with Crippen LogP contribution < -0.4 is 10.1 Å². The van der Waals surface area contributed by atoms with Crippen LogP contribution in [0.3, 0.4) is 0 Å². The Balaban J connectivity index is 1.61. The number of benzene rings is 3. The summed E-state index contributed by atoms with van der Waals surface area (Å²) >= 11 is 0. The molecule has 0 unspecified atom stereocenters. The van der Waals surface area contributed by atoms with Crippen LogP contribution in [-0.4, -0.2) is 29.4 Å². The van der Waals surface area contributed by atoms with Gasteiger partial charge in [-0.25, -0.2) is 4.39 Å². The lowest BCUT2D eigenvalue weighted by Gasteiger charge is -2.38. The van der Waals surface area contributed by atoms with Crippen molar-refractivity contribution in [3.63, 3.8) is 0 Å². The molecule has 0 bridgehead atoms. The van der Waals surface area contributed by atoms with Gasteiger partial charge in [-0.15, -0.1) is 0 Å². The van der Waals surface area contributed by atoms with Crippen molar-refractivity contribution in [2.45, 2.75) is 52.7 Å². The number of nitrogens with zero attached hydrogens (tertiary/aromatic N) is 1. The first kappa shape index (κ1) is 25.4. The van der Waals surface area contributed by atoms with Crippen molar-refractivity contribution in [1.29, 1.82) is 0 Å². The van der Waals surface area contributed by atoms with E-state index in [1.807, 2.05) is 74.2 Å². The van der Waals surface area contributed by atoms with Gasteiger partial charge in [0.15, 0.2) is 6.10 Å². The zero-order chi connectivity index (χ0) is 25.8. The van der Waals surface area contributed by atoms with E-state index in [4.69, 9.17) is 4.74 Å². The zero-order valence-corrected chi connectivity index (χ0v) is 21.3. The molecule has 1 N–H and O–H groups in total. The van der Waals surface area contributed by atoms with Gasteiger partial charge in [-0.3, -0.25) is 9.59 Å². The maximum absolute atomic E-state index is 14.2. The van der Waals surface area contributed by atoms with Crippen molar-refractivity contribution < 1.29 is 18.7 Å². The van der Waals surface area contributed by atoms with Crippen LogP contribution in [0.25, 0.3) is 0 Å². The van der Waals surface area contributed by atoms with Gasteiger partial charge in [-0.2, -0.15) is 0 Å². The summed E-state index contributed by atoms with van der Waals surface area (Å²) < 4.78 is 20.2. The first-order chi connectivity index (χ1) is 17.2. The smallest absolute Gasteiger partial charge is 0.265 e. The molecule has 3 aromatic carbocycles. The number of carbonyl (C=O) groups is 2. The lowest BCUT2D eigenvalue weighted by atomic mass is 9.87. The molecule has 6 heteroatoms. The third-order valence-electron chi connectivity index (χ3n) is 6.38. The summed E-state index contributed by atoms with van der Waals surface area (Å²) in [5, 5.41) is 2.89. The Kier molecular flexibility index (Phi) is 7.73. The topological polar surface area (TPSA) is 58.6 Å². The number of carbonyl (C=O) groups excluding carboxylic acids is 2. The number of amides is 2. The molecule has 1 aliphatic heterocycles. The number of hydrogen-bond acceptors (Lipinski definition) is 3. The number of rotatable bonds is 7. The van der Waals surface area contributed by atoms with E-state index >= 15 is 0 Å². The molecule has 188 valence electrons. The average Bonchev–Trinajstić information content (AvgIpc) is 2.82. The van der Waals surface area contributed by atoms with Crippen LogP contribution in [0, 0.1) is 18.7 Å². The van der Waals surface area contributed by atoms with E-state index in [0.29, 0.717) is 30.8 Å². The van der Waals surface area contributed by atoms with Crippen LogP contribution in [-0.2, 0) is 16.0 Å². The summed E-state index contributed by atoms with van der Waals surface area (Å²) in [6.45, 7) is 8.26. The number of ether oxygens (including phenoxy) is 1. The summed E-state index contributed by atoms with van der Waals surface area (Å²) in [6, 6.07) is 19.3. The number of nitrogens with one attached hydrogen (secondary N) is 1. The van der Waals surface area contributed by atoms with Gasteiger partial charge in [0.2, 0.25) is 5.91 Å².